The Labute approximate surface area is 125 Å². The third-order valence-corrected chi connectivity index (χ3v) is 3.03. The molecule has 0 atom stereocenters. The molecule has 0 bridgehead atoms. The lowest BCUT2D eigenvalue weighted by Gasteiger charge is -2.11. The van der Waals surface area contributed by atoms with Crippen LogP contribution >= 0.6 is 12.2 Å². The van der Waals surface area contributed by atoms with Crippen molar-refractivity contribution in [1.82, 2.24) is 5.32 Å². The number of nitrogens with zero attached hydrogens (tertiary/aromatic N) is 1. The number of benzene rings is 1. The molecule has 0 saturated heterocycles. The van der Waals surface area contributed by atoms with E-state index in [0.717, 1.165) is 25.8 Å². The molecule has 2 N–H and O–H groups in total. The van der Waals surface area contributed by atoms with E-state index in [2.05, 4.69) is 16.7 Å². The average molecular weight is 289 g/mol. The van der Waals surface area contributed by atoms with Crippen LogP contribution in [0.3, 0.4) is 0 Å². The molecule has 106 valence electrons. The molecule has 0 aliphatic rings. The van der Waals surface area contributed by atoms with Crippen LogP contribution in [0.5, 0.6) is 0 Å². The maximum atomic E-state index is 10.8. The van der Waals surface area contributed by atoms with Gasteiger partial charge in [-0.2, -0.15) is 5.26 Å². The number of hydrogen-bond donors (Lipinski definition) is 2. The quantitative estimate of drug-likeness (QED) is 0.597. The molecule has 1 aromatic rings. The number of hydrogen-bond acceptors (Lipinski definition) is 3. The lowest BCUT2D eigenvalue weighted by atomic mass is 10.1. The minimum atomic E-state index is 0.239. The van der Waals surface area contributed by atoms with Crippen LogP contribution in [0.25, 0.3) is 0 Å². The van der Waals surface area contributed by atoms with E-state index in [1.165, 1.54) is 0 Å². The molecule has 0 amide bonds. The summed E-state index contributed by atoms with van der Waals surface area (Å²) in [5.41, 5.74) is 1.28. The highest BCUT2D eigenvalue weighted by Gasteiger charge is 2.02. The van der Waals surface area contributed by atoms with E-state index in [-0.39, 0.29) is 5.78 Å². The smallest absolute Gasteiger partial charge is 0.170 e. The van der Waals surface area contributed by atoms with Crippen LogP contribution in [-0.2, 0) is 4.79 Å². The van der Waals surface area contributed by atoms with Gasteiger partial charge in [-0.1, -0.05) is 18.6 Å². The normalized spacial score (nSPS) is 9.60. The summed E-state index contributed by atoms with van der Waals surface area (Å²) >= 11 is 5.18. The molecule has 0 aliphatic heterocycles. The van der Waals surface area contributed by atoms with Gasteiger partial charge in [-0.05, 0) is 44.1 Å². The van der Waals surface area contributed by atoms with Crippen LogP contribution in [0, 0.1) is 11.3 Å². The van der Waals surface area contributed by atoms with E-state index < -0.39 is 0 Å². The monoisotopic (exact) mass is 289 g/mol. The molecule has 0 fully saturated rings. The second-order valence-corrected chi connectivity index (χ2v) is 4.96. The second kappa shape index (κ2) is 9.05. The van der Waals surface area contributed by atoms with Gasteiger partial charge in [0, 0.05) is 13.0 Å². The number of carbonyl (C=O) groups is 1. The summed E-state index contributed by atoms with van der Waals surface area (Å²) in [6.45, 7) is 2.38. The van der Waals surface area contributed by atoms with Crippen molar-refractivity contribution < 1.29 is 4.79 Å². The van der Waals surface area contributed by atoms with Crippen LogP contribution in [0.2, 0.25) is 0 Å². The Morgan fingerprint density at radius 3 is 2.75 bits per heavy atom. The van der Waals surface area contributed by atoms with Crippen molar-refractivity contribution >= 4 is 28.8 Å². The first-order valence-corrected chi connectivity index (χ1v) is 7.07. The molecule has 0 saturated carbocycles. The van der Waals surface area contributed by atoms with Crippen molar-refractivity contribution in [3.8, 4) is 6.07 Å². The Morgan fingerprint density at radius 2 is 2.05 bits per heavy atom. The van der Waals surface area contributed by atoms with Gasteiger partial charge in [-0.15, -0.1) is 0 Å². The summed E-state index contributed by atoms with van der Waals surface area (Å²) in [4.78, 5) is 10.8. The number of rotatable bonds is 7. The molecule has 5 heteroatoms. The SMILES string of the molecule is CC(=O)CCCCCNC(=S)Nc1ccccc1C#N. The molecule has 0 radical (unpaired) electrons. The number of unbranched alkanes of at least 4 members (excludes halogenated alkanes) is 2. The van der Waals surface area contributed by atoms with Gasteiger partial charge >= 0.3 is 0 Å². The molecule has 20 heavy (non-hydrogen) atoms. The number of thiocarbonyl (C=S) groups is 1. The number of nitriles is 1. The van der Waals surface area contributed by atoms with Crippen LogP contribution in [0.4, 0.5) is 5.69 Å². The Morgan fingerprint density at radius 1 is 1.30 bits per heavy atom. The Hall–Kier alpha value is -1.93. The topological polar surface area (TPSA) is 64.9 Å². The molecule has 1 rings (SSSR count). The predicted molar refractivity (Wildman–Crippen MR) is 84.5 cm³/mol. The van der Waals surface area contributed by atoms with E-state index in [1.807, 2.05) is 18.2 Å². The Balaban J connectivity index is 2.24. The highest BCUT2D eigenvalue weighted by atomic mass is 32.1. The zero-order chi connectivity index (χ0) is 14.8. The molecule has 0 aliphatic carbocycles. The van der Waals surface area contributed by atoms with Crippen LogP contribution in [-0.4, -0.2) is 17.4 Å². The van der Waals surface area contributed by atoms with Gasteiger partial charge < -0.3 is 15.4 Å². The fraction of sp³-hybridized carbons (Fsp3) is 0.400. The van der Waals surface area contributed by atoms with E-state index >= 15 is 0 Å². The number of anilines is 1. The van der Waals surface area contributed by atoms with E-state index in [4.69, 9.17) is 17.5 Å². The molecule has 4 nitrogen and oxygen atoms in total. The van der Waals surface area contributed by atoms with Gasteiger partial charge in [0.15, 0.2) is 5.11 Å². The third kappa shape index (κ3) is 6.30. The Kier molecular flexibility index (Phi) is 7.30. The maximum Gasteiger partial charge on any atom is 0.170 e. The maximum absolute atomic E-state index is 10.8. The standard InChI is InChI=1S/C15H19N3OS/c1-12(19)7-3-2-6-10-17-15(20)18-14-9-5-4-8-13(14)11-16/h4-5,8-9H,2-3,6-7,10H2,1H3,(H2,17,18,20). The van der Waals surface area contributed by atoms with Crippen molar-refractivity contribution in [1.29, 1.82) is 5.26 Å². The molecular weight excluding hydrogens is 270 g/mol. The number of carbonyl (C=O) groups excluding carboxylic acids is 1. The van der Waals surface area contributed by atoms with Crippen molar-refractivity contribution in [3.05, 3.63) is 29.8 Å². The van der Waals surface area contributed by atoms with Crippen molar-refractivity contribution in [3.63, 3.8) is 0 Å². The van der Waals surface area contributed by atoms with Gasteiger partial charge in [-0.25, -0.2) is 0 Å². The second-order valence-electron chi connectivity index (χ2n) is 4.55. The number of ketones is 1. The third-order valence-electron chi connectivity index (χ3n) is 2.79. The lowest BCUT2D eigenvalue weighted by molar-refractivity contribution is -0.117. The molecule has 0 aromatic heterocycles. The van der Waals surface area contributed by atoms with Gasteiger partial charge in [0.05, 0.1) is 11.3 Å². The number of para-hydroxylation sites is 1. The fourth-order valence-electron chi connectivity index (χ4n) is 1.73. The zero-order valence-electron chi connectivity index (χ0n) is 11.6. The first-order chi connectivity index (χ1) is 9.63. The summed E-state index contributed by atoms with van der Waals surface area (Å²) in [7, 11) is 0. The molecule has 0 spiro atoms. The highest BCUT2D eigenvalue weighted by Crippen LogP contribution is 2.13. The van der Waals surface area contributed by atoms with Crippen molar-refractivity contribution in [2.24, 2.45) is 0 Å². The predicted octanol–water partition coefficient (Wildman–Crippen LogP) is 2.99. The van der Waals surface area contributed by atoms with Gasteiger partial charge in [0.25, 0.3) is 0 Å². The van der Waals surface area contributed by atoms with E-state index in [1.54, 1.807) is 13.0 Å². The largest absolute Gasteiger partial charge is 0.362 e. The van der Waals surface area contributed by atoms with Crippen molar-refractivity contribution in [2.45, 2.75) is 32.6 Å². The van der Waals surface area contributed by atoms with Gasteiger partial charge in [0.1, 0.15) is 11.9 Å². The van der Waals surface area contributed by atoms with Gasteiger partial charge in [0.2, 0.25) is 0 Å². The number of nitrogens with one attached hydrogen (secondary N) is 2. The summed E-state index contributed by atoms with van der Waals surface area (Å²) < 4.78 is 0. The molecule has 1 aromatic carbocycles. The molecule has 0 unspecified atom stereocenters. The van der Waals surface area contributed by atoms with Crippen LogP contribution < -0.4 is 10.6 Å². The van der Waals surface area contributed by atoms with Crippen LogP contribution in [0.1, 0.15) is 38.2 Å². The Bertz CT molecular complexity index is 508. The summed E-state index contributed by atoms with van der Waals surface area (Å²) in [6, 6.07) is 9.34. The highest BCUT2D eigenvalue weighted by molar-refractivity contribution is 7.80. The minimum Gasteiger partial charge on any atom is -0.362 e. The first-order valence-electron chi connectivity index (χ1n) is 6.67. The fourth-order valence-corrected chi connectivity index (χ4v) is 1.95. The molecule has 0 heterocycles. The van der Waals surface area contributed by atoms with E-state index in [0.29, 0.717) is 22.8 Å². The lowest BCUT2D eigenvalue weighted by Crippen LogP contribution is -2.29. The van der Waals surface area contributed by atoms with Gasteiger partial charge in [-0.3, -0.25) is 0 Å². The van der Waals surface area contributed by atoms with E-state index in [9.17, 15) is 4.79 Å². The van der Waals surface area contributed by atoms with Crippen LogP contribution in [0.15, 0.2) is 24.3 Å². The number of Topliss-reactive ketones (excluding diaryl/α,β-unsaturated/α-hetero) is 1. The molecular formula is C15H19N3OS. The zero-order valence-corrected chi connectivity index (χ0v) is 12.4. The summed E-state index contributed by atoms with van der Waals surface area (Å²) in [5.74, 6) is 0.239. The summed E-state index contributed by atoms with van der Waals surface area (Å²) in [5, 5.41) is 15.6. The van der Waals surface area contributed by atoms with Crippen molar-refractivity contribution in [2.75, 3.05) is 11.9 Å². The average Bonchev–Trinajstić information content (AvgIpc) is 2.43. The first kappa shape index (κ1) is 16.1. The minimum absolute atomic E-state index is 0.239. The summed E-state index contributed by atoms with van der Waals surface area (Å²) in [6.07, 6.45) is 3.55.